The Bertz CT molecular complexity index is 268. The van der Waals surface area contributed by atoms with Gasteiger partial charge in [0.1, 0.15) is 0 Å². The van der Waals surface area contributed by atoms with E-state index in [0.29, 0.717) is 25.4 Å². The van der Waals surface area contributed by atoms with E-state index in [2.05, 4.69) is 30.1 Å². The van der Waals surface area contributed by atoms with Gasteiger partial charge in [0, 0.05) is 25.6 Å². The van der Waals surface area contributed by atoms with E-state index in [4.69, 9.17) is 5.26 Å². The molecule has 1 N–H and O–H groups in total. The van der Waals surface area contributed by atoms with Gasteiger partial charge in [0.25, 0.3) is 0 Å². The molecule has 1 atom stereocenters. The lowest BCUT2D eigenvalue weighted by atomic mass is 10.1. The molecule has 0 saturated carbocycles. The molecule has 1 unspecified atom stereocenters. The quantitative estimate of drug-likeness (QED) is 0.736. The van der Waals surface area contributed by atoms with Crippen molar-refractivity contribution in [3.8, 4) is 6.07 Å². The molecule has 0 fully saturated rings. The molecule has 0 saturated heterocycles. The molecule has 0 rings (SSSR count). The summed E-state index contributed by atoms with van der Waals surface area (Å²) in [7, 11) is 0. The first kappa shape index (κ1) is 15.9. The Labute approximate surface area is 105 Å². The first-order valence-electron chi connectivity index (χ1n) is 6.30. The number of nitriles is 1. The van der Waals surface area contributed by atoms with Gasteiger partial charge < -0.3 is 5.32 Å². The van der Waals surface area contributed by atoms with Crippen molar-refractivity contribution in [2.75, 3.05) is 13.1 Å². The number of nitrogens with one attached hydrogen (secondary N) is 1. The van der Waals surface area contributed by atoms with Crippen molar-refractivity contribution in [1.29, 1.82) is 5.26 Å². The van der Waals surface area contributed by atoms with Gasteiger partial charge in [0.05, 0.1) is 12.1 Å². The number of hydrogen-bond donors (Lipinski definition) is 1. The van der Waals surface area contributed by atoms with Gasteiger partial charge in [-0.15, -0.1) is 0 Å². The molecular weight excluding hydrogens is 214 g/mol. The fourth-order valence-corrected chi connectivity index (χ4v) is 1.68. The van der Waals surface area contributed by atoms with Crippen molar-refractivity contribution in [2.45, 2.75) is 53.1 Å². The second kappa shape index (κ2) is 8.08. The van der Waals surface area contributed by atoms with Crippen LogP contribution in [0.4, 0.5) is 0 Å². The van der Waals surface area contributed by atoms with Crippen LogP contribution in [0.3, 0.4) is 0 Å². The molecule has 4 nitrogen and oxygen atoms in total. The number of carbonyl (C=O) groups excluding carboxylic acids is 1. The summed E-state index contributed by atoms with van der Waals surface area (Å²) >= 11 is 0. The van der Waals surface area contributed by atoms with Gasteiger partial charge in [0.2, 0.25) is 5.91 Å². The summed E-state index contributed by atoms with van der Waals surface area (Å²) in [6, 6.07) is 2.21. The predicted octanol–water partition coefficient (Wildman–Crippen LogP) is 1.77. The summed E-state index contributed by atoms with van der Waals surface area (Å²) in [6.45, 7) is 11.5. The molecule has 0 aromatic carbocycles. The number of amides is 1. The zero-order valence-electron chi connectivity index (χ0n) is 11.7. The van der Waals surface area contributed by atoms with Crippen LogP contribution in [0.5, 0.6) is 0 Å². The van der Waals surface area contributed by atoms with Crippen LogP contribution in [0, 0.1) is 17.2 Å². The molecule has 0 aliphatic carbocycles. The van der Waals surface area contributed by atoms with Crippen LogP contribution >= 0.6 is 0 Å². The molecule has 98 valence electrons. The lowest BCUT2D eigenvalue weighted by molar-refractivity contribution is -0.126. The fourth-order valence-electron chi connectivity index (χ4n) is 1.68. The van der Waals surface area contributed by atoms with E-state index in [1.54, 1.807) is 0 Å². The minimum absolute atomic E-state index is 0.0466. The molecule has 1 amide bonds. The predicted molar refractivity (Wildman–Crippen MR) is 69.4 cm³/mol. The van der Waals surface area contributed by atoms with E-state index < -0.39 is 0 Å². The number of nitrogens with zero attached hydrogens (tertiary/aromatic N) is 2. The third kappa shape index (κ3) is 6.28. The van der Waals surface area contributed by atoms with Gasteiger partial charge in [-0.2, -0.15) is 5.26 Å². The average molecular weight is 239 g/mol. The van der Waals surface area contributed by atoms with E-state index in [1.807, 2.05) is 20.8 Å². The molecule has 17 heavy (non-hydrogen) atoms. The molecule has 0 aliphatic rings. The Kier molecular flexibility index (Phi) is 7.56. The Morgan fingerprint density at radius 3 is 2.29 bits per heavy atom. The van der Waals surface area contributed by atoms with Gasteiger partial charge in [0.15, 0.2) is 0 Å². The van der Waals surface area contributed by atoms with Crippen molar-refractivity contribution in [3.63, 3.8) is 0 Å². The van der Waals surface area contributed by atoms with Crippen molar-refractivity contribution >= 4 is 5.91 Å². The normalized spacial score (nSPS) is 12.9. The highest BCUT2D eigenvalue weighted by Gasteiger charge is 2.22. The van der Waals surface area contributed by atoms with Gasteiger partial charge in [-0.3, -0.25) is 9.69 Å². The van der Waals surface area contributed by atoms with E-state index in [9.17, 15) is 4.79 Å². The lowest BCUT2D eigenvalue weighted by Crippen LogP contribution is -2.49. The zero-order chi connectivity index (χ0) is 13.4. The molecule has 0 aliphatic heterocycles. The van der Waals surface area contributed by atoms with Crippen LogP contribution in [0.2, 0.25) is 0 Å². The Hall–Kier alpha value is -1.08. The van der Waals surface area contributed by atoms with Crippen LogP contribution in [-0.2, 0) is 4.79 Å². The van der Waals surface area contributed by atoms with Crippen LogP contribution in [0.25, 0.3) is 0 Å². The summed E-state index contributed by atoms with van der Waals surface area (Å²) in [4.78, 5) is 14.0. The van der Waals surface area contributed by atoms with Crippen LogP contribution < -0.4 is 5.32 Å². The first-order valence-corrected chi connectivity index (χ1v) is 6.30. The Balaban J connectivity index is 4.34. The second-order valence-corrected chi connectivity index (χ2v) is 5.05. The summed E-state index contributed by atoms with van der Waals surface area (Å²) < 4.78 is 0. The van der Waals surface area contributed by atoms with E-state index >= 15 is 0 Å². The molecule has 0 bridgehead atoms. The third-order valence-electron chi connectivity index (χ3n) is 2.71. The maximum Gasteiger partial charge on any atom is 0.237 e. The Morgan fingerprint density at radius 1 is 1.29 bits per heavy atom. The SMILES string of the molecule is CC(C)CNC(=O)C(C)N(CCC#N)C(C)C. The highest BCUT2D eigenvalue weighted by molar-refractivity contribution is 5.81. The number of carbonyl (C=O) groups is 1. The molecule has 0 aromatic rings. The third-order valence-corrected chi connectivity index (χ3v) is 2.71. The molecule has 0 aromatic heterocycles. The zero-order valence-corrected chi connectivity index (χ0v) is 11.7. The van der Waals surface area contributed by atoms with Gasteiger partial charge >= 0.3 is 0 Å². The average Bonchev–Trinajstić information content (AvgIpc) is 2.25. The summed E-state index contributed by atoms with van der Waals surface area (Å²) in [5.74, 6) is 0.503. The highest BCUT2D eigenvalue weighted by Crippen LogP contribution is 2.06. The van der Waals surface area contributed by atoms with Crippen molar-refractivity contribution < 1.29 is 4.79 Å². The summed E-state index contributed by atoms with van der Waals surface area (Å²) in [5.41, 5.74) is 0. The van der Waals surface area contributed by atoms with Crippen LogP contribution in [-0.4, -0.2) is 36.0 Å². The molecule has 0 heterocycles. The summed E-state index contributed by atoms with van der Waals surface area (Å²) in [5, 5.41) is 11.5. The van der Waals surface area contributed by atoms with Gasteiger partial charge in [-0.25, -0.2) is 0 Å². The first-order chi connectivity index (χ1) is 7.90. The second-order valence-electron chi connectivity index (χ2n) is 5.05. The van der Waals surface area contributed by atoms with Gasteiger partial charge in [-0.1, -0.05) is 13.8 Å². The lowest BCUT2D eigenvalue weighted by Gasteiger charge is -2.31. The minimum Gasteiger partial charge on any atom is -0.354 e. The van der Waals surface area contributed by atoms with E-state index in [-0.39, 0.29) is 18.0 Å². The highest BCUT2D eigenvalue weighted by atomic mass is 16.2. The fraction of sp³-hybridized carbons (Fsp3) is 0.846. The number of rotatable bonds is 7. The standard InChI is InChI=1S/C13H25N3O/c1-10(2)9-15-13(17)12(5)16(11(3)4)8-6-7-14/h10-12H,6,8-9H2,1-5H3,(H,15,17). The van der Waals surface area contributed by atoms with Crippen LogP contribution in [0.1, 0.15) is 41.0 Å². The topological polar surface area (TPSA) is 56.1 Å². The monoisotopic (exact) mass is 239 g/mol. The van der Waals surface area contributed by atoms with E-state index in [0.717, 1.165) is 0 Å². The van der Waals surface area contributed by atoms with E-state index in [1.165, 1.54) is 0 Å². The largest absolute Gasteiger partial charge is 0.354 e. The molecular formula is C13H25N3O. The van der Waals surface area contributed by atoms with Crippen molar-refractivity contribution in [3.05, 3.63) is 0 Å². The minimum atomic E-state index is -0.179. The van der Waals surface area contributed by atoms with Crippen molar-refractivity contribution in [2.24, 2.45) is 5.92 Å². The molecule has 0 radical (unpaired) electrons. The number of hydrogen-bond acceptors (Lipinski definition) is 3. The van der Waals surface area contributed by atoms with Gasteiger partial charge in [-0.05, 0) is 26.7 Å². The molecule has 0 spiro atoms. The Morgan fingerprint density at radius 2 is 1.88 bits per heavy atom. The maximum absolute atomic E-state index is 11.9. The van der Waals surface area contributed by atoms with Crippen molar-refractivity contribution in [1.82, 2.24) is 10.2 Å². The summed E-state index contributed by atoms with van der Waals surface area (Å²) in [6.07, 6.45) is 0.458. The van der Waals surface area contributed by atoms with Crippen LogP contribution in [0.15, 0.2) is 0 Å². The smallest absolute Gasteiger partial charge is 0.237 e. The molecule has 4 heteroatoms. The maximum atomic E-state index is 11.9.